The Balaban J connectivity index is 1.97. The summed E-state index contributed by atoms with van der Waals surface area (Å²) < 4.78 is 16.0. The normalized spacial score (nSPS) is 17.5. The molecule has 0 spiro atoms. The summed E-state index contributed by atoms with van der Waals surface area (Å²) in [6.07, 6.45) is 1.40. The zero-order valence-electron chi connectivity index (χ0n) is 17.3. The molecule has 1 unspecified atom stereocenters. The molecular formula is C23H16Cl3NO6. The van der Waals surface area contributed by atoms with Crippen molar-refractivity contribution in [3.8, 4) is 11.5 Å². The van der Waals surface area contributed by atoms with Gasteiger partial charge in [-0.05, 0) is 42.5 Å². The van der Waals surface area contributed by atoms with Crippen LogP contribution in [0.15, 0.2) is 58.7 Å². The molecule has 7 nitrogen and oxygen atoms in total. The lowest BCUT2D eigenvalue weighted by Crippen LogP contribution is -2.29. The van der Waals surface area contributed by atoms with Crippen LogP contribution in [0.5, 0.6) is 11.5 Å². The molecule has 0 saturated carbocycles. The van der Waals surface area contributed by atoms with Crippen LogP contribution in [-0.2, 0) is 9.59 Å². The Labute approximate surface area is 203 Å². The smallest absolute Gasteiger partial charge is 0.300 e. The van der Waals surface area contributed by atoms with E-state index in [-0.39, 0.29) is 37.7 Å². The van der Waals surface area contributed by atoms with Crippen LogP contribution < -0.4 is 14.4 Å². The largest absolute Gasteiger partial charge is 0.507 e. The third kappa shape index (κ3) is 3.93. The lowest BCUT2D eigenvalue weighted by atomic mass is 9.98. The number of halogens is 3. The fourth-order valence-electron chi connectivity index (χ4n) is 3.71. The molecule has 2 heterocycles. The molecule has 1 saturated heterocycles. The van der Waals surface area contributed by atoms with Gasteiger partial charge in [0.25, 0.3) is 11.7 Å². The second-order valence-electron chi connectivity index (χ2n) is 6.97. The van der Waals surface area contributed by atoms with Gasteiger partial charge in [0.2, 0.25) is 0 Å². The standard InChI is InChI=1S/C23H16Cl3NO6/c1-31-16-6-5-12(10-14(16)25)27-19(17-4-3-7-33-17)18(21(29)23(27)30)20(28)13-8-11(24)9-15(26)22(13)32-2/h3-10,19,28H,1-2H3/b20-18-. The summed E-state index contributed by atoms with van der Waals surface area (Å²) >= 11 is 18.6. The maximum atomic E-state index is 13.2. The number of ether oxygens (including phenoxy) is 2. The Bertz CT molecular complexity index is 1290. The second kappa shape index (κ2) is 9.02. The second-order valence-corrected chi connectivity index (χ2v) is 8.22. The van der Waals surface area contributed by atoms with Gasteiger partial charge in [0.1, 0.15) is 29.1 Å². The summed E-state index contributed by atoms with van der Waals surface area (Å²) in [6, 6.07) is 9.54. The maximum absolute atomic E-state index is 13.2. The van der Waals surface area contributed by atoms with Crippen molar-refractivity contribution in [1.29, 1.82) is 0 Å². The van der Waals surface area contributed by atoms with Gasteiger partial charge in [0.05, 0.1) is 41.7 Å². The Morgan fingerprint density at radius 1 is 1.03 bits per heavy atom. The molecule has 170 valence electrons. The number of amides is 1. The lowest BCUT2D eigenvalue weighted by molar-refractivity contribution is -0.132. The van der Waals surface area contributed by atoms with Gasteiger partial charge in [-0.15, -0.1) is 0 Å². The molecule has 33 heavy (non-hydrogen) atoms. The molecule has 1 aliphatic heterocycles. The molecule has 1 fully saturated rings. The number of nitrogens with zero attached hydrogens (tertiary/aromatic N) is 1. The van der Waals surface area contributed by atoms with Crippen molar-refractivity contribution in [3.05, 3.63) is 80.7 Å². The SMILES string of the molecule is COc1ccc(N2C(=O)C(=O)/C(=C(\O)c3cc(Cl)cc(Cl)c3OC)C2c2ccco2)cc1Cl. The monoisotopic (exact) mass is 507 g/mol. The third-order valence-electron chi connectivity index (χ3n) is 5.14. The van der Waals surface area contributed by atoms with Crippen molar-refractivity contribution in [1.82, 2.24) is 0 Å². The minimum atomic E-state index is -1.09. The number of Topliss-reactive ketones (excluding diaryl/α,β-unsaturated/α-hetero) is 1. The van der Waals surface area contributed by atoms with Gasteiger partial charge in [0, 0.05) is 10.7 Å². The van der Waals surface area contributed by atoms with Gasteiger partial charge in [-0.1, -0.05) is 34.8 Å². The number of rotatable bonds is 5. The van der Waals surface area contributed by atoms with Crippen molar-refractivity contribution in [2.45, 2.75) is 6.04 Å². The van der Waals surface area contributed by atoms with Crippen molar-refractivity contribution in [2.75, 3.05) is 19.1 Å². The summed E-state index contributed by atoms with van der Waals surface area (Å²) in [5, 5.41) is 11.8. The first-order valence-corrected chi connectivity index (χ1v) is 10.6. The zero-order valence-corrected chi connectivity index (χ0v) is 19.5. The number of methoxy groups -OCH3 is 2. The quantitative estimate of drug-likeness (QED) is 0.263. The number of hydrogen-bond donors (Lipinski definition) is 1. The number of benzene rings is 2. The molecular weight excluding hydrogens is 493 g/mol. The number of carbonyl (C=O) groups excluding carboxylic acids is 2. The third-order valence-corrected chi connectivity index (χ3v) is 5.93. The summed E-state index contributed by atoms with van der Waals surface area (Å²) in [5.74, 6) is -1.60. The minimum absolute atomic E-state index is 0.0531. The van der Waals surface area contributed by atoms with E-state index >= 15 is 0 Å². The Hall–Kier alpha value is -3.13. The highest BCUT2D eigenvalue weighted by molar-refractivity contribution is 6.52. The van der Waals surface area contributed by atoms with Gasteiger partial charge < -0.3 is 19.0 Å². The molecule has 0 radical (unpaired) electrons. The van der Waals surface area contributed by atoms with E-state index in [1.807, 2.05) is 0 Å². The van der Waals surface area contributed by atoms with E-state index in [0.29, 0.717) is 11.4 Å². The Morgan fingerprint density at radius 2 is 1.79 bits per heavy atom. The van der Waals surface area contributed by atoms with Crippen molar-refractivity contribution in [3.63, 3.8) is 0 Å². The van der Waals surface area contributed by atoms with E-state index in [9.17, 15) is 14.7 Å². The van der Waals surface area contributed by atoms with Crippen LogP contribution in [0.3, 0.4) is 0 Å². The number of aliphatic hydroxyl groups excluding tert-OH is 1. The zero-order chi connectivity index (χ0) is 23.9. The lowest BCUT2D eigenvalue weighted by Gasteiger charge is -2.24. The first-order chi connectivity index (χ1) is 15.8. The van der Waals surface area contributed by atoms with Gasteiger partial charge in [-0.25, -0.2) is 0 Å². The number of hydrogen-bond acceptors (Lipinski definition) is 6. The molecule has 1 atom stereocenters. The Kier molecular flexibility index (Phi) is 6.30. The molecule has 1 amide bonds. The van der Waals surface area contributed by atoms with Crippen LogP contribution in [0, 0.1) is 0 Å². The first kappa shape index (κ1) is 23.0. The number of furan rings is 1. The molecule has 10 heteroatoms. The highest BCUT2D eigenvalue weighted by Crippen LogP contribution is 2.45. The van der Waals surface area contributed by atoms with Gasteiger partial charge in [-0.2, -0.15) is 0 Å². The molecule has 0 bridgehead atoms. The summed E-state index contributed by atoms with van der Waals surface area (Å²) in [5.41, 5.74) is 0.135. The first-order valence-electron chi connectivity index (χ1n) is 9.49. The number of ketones is 1. The Morgan fingerprint density at radius 3 is 2.39 bits per heavy atom. The van der Waals surface area contributed by atoms with E-state index in [2.05, 4.69) is 0 Å². The highest BCUT2D eigenvalue weighted by Gasteiger charge is 2.48. The van der Waals surface area contributed by atoms with Crippen molar-refractivity contribution < 1.29 is 28.6 Å². The van der Waals surface area contributed by atoms with E-state index in [0.717, 1.165) is 0 Å². The maximum Gasteiger partial charge on any atom is 0.300 e. The summed E-state index contributed by atoms with van der Waals surface area (Å²) in [6.45, 7) is 0. The average molecular weight is 509 g/mol. The summed E-state index contributed by atoms with van der Waals surface area (Å²) in [4.78, 5) is 27.5. The molecule has 1 aromatic heterocycles. The molecule has 3 aromatic rings. The predicted molar refractivity (Wildman–Crippen MR) is 125 cm³/mol. The summed E-state index contributed by atoms with van der Waals surface area (Å²) in [7, 11) is 2.81. The van der Waals surface area contributed by atoms with Crippen LogP contribution >= 0.6 is 34.8 Å². The van der Waals surface area contributed by atoms with E-state index in [1.54, 1.807) is 24.3 Å². The number of carbonyl (C=O) groups is 2. The van der Waals surface area contributed by atoms with Gasteiger partial charge in [-0.3, -0.25) is 14.5 Å². The molecule has 1 N–H and O–H groups in total. The van der Waals surface area contributed by atoms with Crippen molar-refractivity contribution in [2.24, 2.45) is 0 Å². The van der Waals surface area contributed by atoms with Gasteiger partial charge in [0.15, 0.2) is 0 Å². The topological polar surface area (TPSA) is 89.2 Å². The van der Waals surface area contributed by atoms with E-state index in [4.69, 9.17) is 48.7 Å². The van der Waals surface area contributed by atoms with Gasteiger partial charge >= 0.3 is 0 Å². The minimum Gasteiger partial charge on any atom is -0.507 e. The molecule has 4 rings (SSSR count). The molecule has 0 aliphatic carbocycles. The fourth-order valence-corrected chi connectivity index (χ4v) is 4.53. The van der Waals surface area contributed by atoms with Crippen LogP contribution in [0.25, 0.3) is 5.76 Å². The predicted octanol–water partition coefficient (Wildman–Crippen LogP) is 5.88. The highest BCUT2D eigenvalue weighted by atomic mass is 35.5. The molecule has 2 aromatic carbocycles. The van der Waals surface area contributed by atoms with E-state index in [1.165, 1.54) is 43.6 Å². The van der Waals surface area contributed by atoms with Crippen LogP contribution in [0.1, 0.15) is 17.4 Å². The van der Waals surface area contributed by atoms with Crippen LogP contribution in [0.2, 0.25) is 15.1 Å². The average Bonchev–Trinajstić information content (AvgIpc) is 3.40. The molecule has 1 aliphatic rings. The van der Waals surface area contributed by atoms with E-state index < -0.39 is 23.5 Å². The number of aliphatic hydroxyl groups is 1. The number of anilines is 1. The fraction of sp³-hybridized carbons (Fsp3) is 0.130. The van der Waals surface area contributed by atoms with Crippen LogP contribution in [-0.4, -0.2) is 31.0 Å². The van der Waals surface area contributed by atoms with Crippen molar-refractivity contribution >= 4 is 57.9 Å². The van der Waals surface area contributed by atoms with Crippen LogP contribution in [0.4, 0.5) is 5.69 Å².